The molecule has 1 aliphatic heterocycles. The summed E-state index contributed by atoms with van der Waals surface area (Å²) in [5.41, 5.74) is 4.93. The van der Waals surface area contributed by atoms with Crippen molar-refractivity contribution in [2.45, 2.75) is 25.3 Å². The fraction of sp³-hybridized carbons (Fsp3) is 0.321. The van der Waals surface area contributed by atoms with Crippen LogP contribution < -0.4 is 10.1 Å². The molecule has 7 heteroatoms. The van der Waals surface area contributed by atoms with Crippen LogP contribution in [0, 0.1) is 6.92 Å². The number of carbonyl (C=O) groups excluding carboxylic acids is 1. The summed E-state index contributed by atoms with van der Waals surface area (Å²) in [6.45, 7) is 3.70. The molecule has 1 saturated heterocycles. The molecule has 0 spiro atoms. The second-order valence-electron chi connectivity index (χ2n) is 9.50. The lowest BCUT2D eigenvalue weighted by atomic mass is 9.94. The minimum atomic E-state index is -0.0497. The van der Waals surface area contributed by atoms with E-state index in [2.05, 4.69) is 51.6 Å². The molecule has 2 aromatic carbocycles. The number of amides is 1. The zero-order valence-corrected chi connectivity index (χ0v) is 20.7. The third-order valence-electron chi connectivity index (χ3n) is 6.86. The fourth-order valence-corrected chi connectivity index (χ4v) is 5.03. The van der Waals surface area contributed by atoms with Gasteiger partial charge in [-0.3, -0.25) is 14.5 Å². The van der Waals surface area contributed by atoms with Crippen molar-refractivity contribution in [2.24, 2.45) is 7.05 Å². The Morgan fingerprint density at radius 3 is 2.57 bits per heavy atom. The molecule has 1 N–H and O–H groups in total. The maximum Gasteiger partial charge on any atom is 0.251 e. The Morgan fingerprint density at radius 1 is 1.06 bits per heavy atom. The number of methoxy groups -OCH3 is 1. The average molecular weight is 470 g/mol. The first kappa shape index (κ1) is 23.1. The van der Waals surface area contributed by atoms with E-state index >= 15 is 0 Å². The summed E-state index contributed by atoms with van der Waals surface area (Å²) in [6, 6.07) is 18.1. The van der Waals surface area contributed by atoms with Gasteiger partial charge in [-0.25, -0.2) is 0 Å². The van der Waals surface area contributed by atoms with E-state index in [1.165, 1.54) is 5.56 Å². The molecule has 180 valence electrons. The third-order valence-corrected chi connectivity index (χ3v) is 6.86. The zero-order valence-electron chi connectivity index (χ0n) is 20.7. The molecule has 35 heavy (non-hydrogen) atoms. The van der Waals surface area contributed by atoms with Gasteiger partial charge >= 0.3 is 0 Å². The molecule has 5 rings (SSSR count). The summed E-state index contributed by atoms with van der Waals surface area (Å²) in [7, 11) is 5.71. The van der Waals surface area contributed by atoms with Gasteiger partial charge in [-0.1, -0.05) is 18.2 Å². The summed E-state index contributed by atoms with van der Waals surface area (Å²) < 4.78 is 7.19. The van der Waals surface area contributed by atoms with Gasteiger partial charge in [0.25, 0.3) is 5.91 Å². The number of benzene rings is 2. The van der Waals surface area contributed by atoms with Crippen LogP contribution >= 0.6 is 0 Å². The Morgan fingerprint density at radius 2 is 1.86 bits per heavy atom. The first-order chi connectivity index (χ1) is 16.9. The highest BCUT2D eigenvalue weighted by molar-refractivity contribution is 5.98. The fourth-order valence-electron chi connectivity index (χ4n) is 5.03. The molecular formula is C28H31N5O2. The van der Waals surface area contributed by atoms with Gasteiger partial charge in [-0.15, -0.1) is 0 Å². The highest BCUT2D eigenvalue weighted by atomic mass is 16.5. The summed E-state index contributed by atoms with van der Waals surface area (Å²) in [6.07, 6.45) is 2.57. The van der Waals surface area contributed by atoms with Crippen LogP contribution in [0.15, 0.2) is 60.8 Å². The molecule has 2 aromatic heterocycles. The quantitative estimate of drug-likeness (QED) is 0.466. The predicted molar refractivity (Wildman–Crippen MR) is 137 cm³/mol. The zero-order chi connectivity index (χ0) is 24.5. The van der Waals surface area contributed by atoms with E-state index < -0.39 is 0 Å². The van der Waals surface area contributed by atoms with Crippen LogP contribution in [-0.2, 0) is 13.5 Å². The molecule has 0 bridgehead atoms. The van der Waals surface area contributed by atoms with Crippen LogP contribution in [0.3, 0.4) is 0 Å². The molecule has 3 heterocycles. The van der Waals surface area contributed by atoms with E-state index in [9.17, 15) is 4.79 Å². The molecule has 1 amide bonds. The molecule has 0 aliphatic carbocycles. The van der Waals surface area contributed by atoms with Gasteiger partial charge in [0.1, 0.15) is 5.75 Å². The van der Waals surface area contributed by atoms with Gasteiger partial charge in [-0.05, 0) is 61.3 Å². The monoisotopic (exact) mass is 469 g/mol. The first-order valence-electron chi connectivity index (χ1n) is 11.9. The topological polar surface area (TPSA) is 72.3 Å². The summed E-state index contributed by atoms with van der Waals surface area (Å²) in [5.74, 6) is 1.02. The lowest BCUT2D eigenvalue weighted by Crippen LogP contribution is -2.39. The molecule has 4 aromatic rings. The number of pyridine rings is 1. The lowest BCUT2D eigenvalue weighted by Gasteiger charge is -2.21. The molecule has 1 aliphatic rings. The number of hydrogen-bond donors (Lipinski definition) is 1. The van der Waals surface area contributed by atoms with Crippen LogP contribution in [-0.4, -0.2) is 58.9 Å². The van der Waals surface area contributed by atoms with E-state index in [0.717, 1.165) is 46.7 Å². The summed E-state index contributed by atoms with van der Waals surface area (Å²) >= 11 is 0. The SMILES string of the molecule is COc1ccc([C@@H]2CN(C)C[C@H]2NC(=O)c2ccc3cnc(Cc4cc(C)nn4C)cc3c2)cc1. The van der Waals surface area contributed by atoms with Gasteiger partial charge in [0.05, 0.1) is 12.8 Å². The number of likely N-dealkylation sites (tertiary alicyclic amines) is 1. The van der Waals surface area contributed by atoms with Crippen molar-refractivity contribution in [2.75, 3.05) is 27.2 Å². The van der Waals surface area contributed by atoms with Gasteiger partial charge in [0.2, 0.25) is 0 Å². The number of aryl methyl sites for hydroxylation is 2. The maximum absolute atomic E-state index is 13.3. The van der Waals surface area contributed by atoms with Crippen LogP contribution in [0.5, 0.6) is 5.75 Å². The van der Waals surface area contributed by atoms with Gasteiger partial charge in [0.15, 0.2) is 0 Å². The standard InChI is InChI=1S/C28H31N5O2/c1-18-11-24(33(3)31-18)14-23-13-22-12-20(5-6-21(22)15-29-23)28(34)30-27-17-32(2)16-26(27)19-7-9-25(35-4)10-8-19/h5-13,15,26-27H,14,16-17H2,1-4H3,(H,30,34)/t26-,27+/m0/s1. The van der Waals surface area contributed by atoms with Crippen LogP contribution in [0.25, 0.3) is 10.8 Å². The third kappa shape index (κ3) is 4.91. The van der Waals surface area contributed by atoms with Crippen molar-refractivity contribution in [3.63, 3.8) is 0 Å². The highest BCUT2D eigenvalue weighted by Crippen LogP contribution is 2.29. The number of nitrogens with zero attached hydrogens (tertiary/aromatic N) is 4. The van der Waals surface area contributed by atoms with Crippen molar-refractivity contribution in [3.05, 3.63) is 89.0 Å². The Bertz CT molecular complexity index is 1360. The number of fused-ring (bicyclic) bond motifs is 1. The van der Waals surface area contributed by atoms with Crippen molar-refractivity contribution in [3.8, 4) is 5.75 Å². The Balaban J connectivity index is 1.35. The number of rotatable bonds is 6. The predicted octanol–water partition coefficient (Wildman–Crippen LogP) is 3.70. The minimum absolute atomic E-state index is 0.0395. The molecule has 2 atom stereocenters. The minimum Gasteiger partial charge on any atom is -0.497 e. The molecule has 0 saturated carbocycles. The number of nitrogens with one attached hydrogen (secondary N) is 1. The number of ether oxygens (including phenoxy) is 1. The Kier molecular flexibility index (Phi) is 6.26. The Labute approximate surface area is 205 Å². The van der Waals surface area contributed by atoms with E-state index in [-0.39, 0.29) is 17.9 Å². The smallest absolute Gasteiger partial charge is 0.251 e. The van der Waals surface area contributed by atoms with Gasteiger partial charge in [-0.2, -0.15) is 5.10 Å². The molecule has 0 radical (unpaired) electrons. The Hall–Kier alpha value is -3.71. The van der Waals surface area contributed by atoms with E-state index in [1.54, 1.807) is 7.11 Å². The maximum atomic E-state index is 13.3. The normalized spacial score (nSPS) is 18.2. The van der Waals surface area contributed by atoms with Crippen LogP contribution in [0.4, 0.5) is 0 Å². The summed E-state index contributed by atoms with van der Waals surface area (Å²) in [5, 5.41) is 9.74. The second kappa shape index (κ2) is 9.50. The van der Waals surface area contributed by atoms with Crippen molar-refractivity contribution < 1.29 is 9.53 Å². The second-order valence-corrected chi connectivity index (χ2v) is 9.50. The lowest BCUT2D eigenvalue weighted by molar-refractivity contribution is 0.0935. The van der Waals surface area contributed by atoms with Crippen LogP contribution in [0.1, 0.15) is 38.9 Å². The molecular weight excluding hydrogens is 438 g/mol. The van der Waals surface area contributed by atoms with E-state index in [1.807, 2.05) is 55.2 Å². The molecule has 0 unspecified atom stereocenters. The van der Waals surface area contributed by atoms with Gasteiger partial charge < -0.3 is 15.0 Å². The van der Waals surface area contributed by atoms with E-state index in [0.29, 0.717) is 12.0 Å². The molecule has 1 fully saturated rings. The van der Waals surface area contributed by atoms with E-state index in [4.69, 9.17) is 4.74 Å². The first-order valence-corrected chi connectivity index (χ1v) is 11.9. The summed E-state index contributed by atoms with van der Waals surface area (Å²) in [4.78, 5) is 20.2. The average Bonchev–Trinajstić information content (AvgIpc) is 3.38. The number of hydrogen-bond acceptors (Lipinski definition) is 5. The number of likely N-dealkylation sites (N-methyl/N-ethyl adjacent to an activating group) is 1. The largest absolute Gasteiger partial charge is 0.497 e. The van der Waals surface area contributed by atoms with Crippen LogP contribution in [0.2, 0.25) is 0 Å². The van der Waals surface area contributed by atoms with Crippen molar-refractivity contribution in [1.29, 1.82) is 0 Å². The molecule has 7 nitrogen and oxygen atoms in total. The number of aromatic nitrogens is 3. The number of carbonyl (C=O) groups is 1. The highest BCUT2D eigenvalue weighted by Gasteiger charge is 2.33. The van der Waals surface area contributed by atoms with Gasteiger partial charge in [0, 0.05) is 67.1 Å². The van der Waals surface area contributed by atoms with Crippen molar-refractivity contribution >= 4 is 16.7 Å². The van der Waals surface area contributed by atoms with Crippen molar-refractivity contribution in [1.82, 2.24) is 25.0 Å².